The SMILES string of the molecule is COc1cc(NC2CCOCC2)ccc1Br. The van der Waals surface area contributed by atoms with Crippen molar-refractivity contribution in [3.8, 4) is 5.75 Å². The molecular weight excluding hydrogens is 270 g/mol. The number of benzene rings is 1. The third-order valence-electron chi connectivity index (χ3n) is 2.74. The second-order valence-electron chi connectivity index (χ2n) is 3.88. The Morgan fingerprint density at radius 2 is 2.12 bits per heavy atom. The van der Waals surface area contributed by atoms with E-state index in [4.69, 9.17) is 9.47 Å². The summed E-state index contributed by atoms with van der Waals surface area (Å²) >= 11 is 3.44. The minimum Gasteiger partial charge on any atom is -0.495 e. The summed E-state index contributed by atoms with van der Waals surface area (Å²) in [5.41, 5.74) is 1.10. The first kappa shape index (κ1) is 11.7. The smallest absolute Gasteiger partial charge is 0.135 e. The van der Waals surface area contributed by atoms with Gasteiger partial charge in [-0.25, -0.2) is 0 Å². The highest BCUT2D eigenvalue weighted by atomic mass is 79.9. The molecule has 1 aromatic rings. The molecule has 1 aliphatic rings. The summed E-state index contributed by atoms with van der Waals surface area (Å²) in [6.07, 6.45) is 2.14. The van der Waals surface area contributed by atoms with Gasteiger partial charge in [0.05, 0.1) is 11.6 Å². The molecule has 0 radical (unpaired) electrons. The lowest BCUT2D eigenvalue weighted by Gasteiger charge is -2.24. The maximum atomic E-state index is 5.33. The minimum atomic E-state index is 0.514. The summed E-state index contributed by atoms with van der Waals surface area (Å²) in [5.74, 6) is 0.858. The van der Waals surface area contributed by atoms with Gasteiger partial charge in [-0.2, -0.15) is 0 Å². The normalized spacial score (nSPS) is 17.1. The Kier molecular flexibility index (Phi) is 4.07. The van der Waals surface area contributed by atoms with Gasteiger partial charge in [-0.1, -0.05) is 0 Å². The Hall–Kier alpha value is -0.740. The quantitative estimate of drug-likeness (QED) is 0.926. The highest BCUT2D eigenvalue weighted by molar-refractivity contribution is 9.10. The van der Waals surface area contributed by atoms with Gasteiger partial charge in [0.25, 0.3) is 0 Å². The first-order valence-corrected chi connectivity index (χ1v) is 6.26. The molecule has 16 heavy (non-hydrogen) atoms. The van der Waals surface area contributed by atoms with Crippen LogP contribution in [0.15, 0.2) is 22.7 Å². The van der Waals surface area contributed by atoms with Crippen molar-refractivity contribution in [2.24, 2.45) is 0 Å². The third kappa shape index (κ3) is 2.89. The molecule has 0 unspecified atom stereocenters. The molecule has 2 rings (SSSR count). The van der Waals surface area contributed by atoms with Crippen LogP contribution in [0.2, 0.25) is 0 Å². The van der Waals surface area contributed by atoms with Crippen molar-refractivity contribution < 1.29 is 9.47 Å². The van der Waals surface area contributed by atoms with Crippen LogP contribution in [-0.2, 0) is 4.74 Å². The predicted molar refractivity (Wildman–Crippen MR) is 68.2 cm³/mol. The van der Waals surface area contributed by atoms with E-state index in [2.05, 4.69) is 27.3 Å². The summed E-state index contributed by atoms with van der Waals surface area (Å²) in [7, 11) is 1.68. The topological polar surface area (TPSA) is 30.5 Å². The number of rotatable bonds is 3. The van der Waals surface area contributed by atoms with Crippen LogP contribution >= 0.6 is 15.9 Å². The number of halogens is 1. The highest BCUT2D eigenvalue weighted by Gasteiger charge is 2.13. The third-order valence-corrected chi connectivity index (χ3v) is 3.40. The lowest BCUT2D eigenvalue weighted by Crippen LogP contribution is -2.27. The molecule has 1 aliphatic heterocycles. The highest BCUT2D eigenvalue weighted by Crippen LogP contribution is 2.28. The van der Waals surface area contributed by atoms with Gasteiger partial charge in [0.1, 0.15) is 5.75 Å². The molecule has 0 aromatic heterocycles. The van der Waals surface area contributed by atoms with E-state index in [-0.39, 0.29) is 0 Å². The Balaban J connectivity index is 2.03. The first-order valence-electron chi connectivity index (χ1n) is 5.47. The van der Waals surface area contributed by atoms with Gasteiger partial charge in [0, 0.05) is 31.0 Å². The van der Waals surface area contributed by atoms with Crippen molar-refractivity contribution in [1.29, 1.82) is 0 Å². The molecule has 0 bridgehead atoms. The average Bonchev–Trinajstić information content (AvgIpc) is 2.33. The van der Waals surface area contributed by atoms with Gasteiger partial charge in [-0.3, -0.25) is 0 Å². The van der Waals surface area contributed by atoms with Crippen LogP contribution in [0.4, 0.5) is 5.69 Å². The van der Waals surface area contributed by atoms with Crippen molar-refractivity contribution in [2.45, 2.75) is 18.9 Å². The largest absolute Gasteiger partial charge is 0.495 e. The average molecular weight is 286 g/mol. The molecule has 0 spiro atoms. The summed E-state index contributed by atoms with van der Waals surface area (Å²) < 4.78 is 11.6. The van der Waals surface area contributed by atoms with Crippen LogP contribution in [0.1, 0.15) is 12.8 Å². The maximum Gasteiger partial charge on any atom is 0.135 e. The van der Waals surface area contributed by atoms with Gasteiger partial charge < -0.3 is 14.8 Å². The molecular formula is C12H16BrNO2. The lowest BCUT2D eigenvalue weighted by atomic mass is 10.1. The van der Waals surface area contributed by atoms with E-state index in [1.807, 2.05) is 12.1 Å². The number of hydrogen-bond acceptors (Lipinski definition) is 3. The number of ether oxygens (including phenoxy) is 2. The zero-order valence-electron chi connectivity index (χ0n) is 9.33. The summed E-state index contributed by atoms with van der Waals surface area (Å²) in [6.45, 7) is 1.71. The van der Waals surface area contributed by atoms with Crippen molar-refractivity contribution in [3.63, 3.8) is 0 Å². The van der Waals surface area contributed by atoms with Crippen LogP contribution in [0.3, 0.4) is 0 Å². The fourth-order valence-corrected chi connectivity index (χ4v) is 2.24. The Morgan fingerprint density at radius 1 is 1.38 bits per heavy atom. The fourth-order valence-electron chi connectivity index (χ4n) is 1.83. The lowest BCUT2D eigenvalue weighted by molar-refractivity contribution is 0.0904. The monoisotopic (exact) mass is 285 g/mol. The number of nitrogens with one attached hydrogen (secondary N) is 1. The number of methoxy groups -OCH3 is 1. The molecule has 1 saturated heterocycles. The molecule has 1 fully saturated rings. The van der Waals surface area contributed by atoms with E-state index < -0.39 is 0 Å². The van der Waals surface area contributed by atoms with Gasteiger partial charge >= 0.3 is 0 Å². The van der Waals surface area contributed by atoms with Crippen molar-refractivity contribution in [1.82, 2.24) is 0 Å². The van der Waals surface area contributed by atoms with Gasteiger partial charge in [-0.05, 0) is 40.9 Å². The molecule has 3 nitrogen and oxygen atoms in total. The molecule has 0 amide bonds. The summed E-state index contributed by atoms with van der Waals surface area (Å²) in [4.78, 5) is 0. The fraction of sp³-hybridized carbons (Fsp3) is 0.500. The van der Waals surface area contributed by atoms with Crippen LogP contribution in [0.25, 0.3) is 0 Å². The zero-order chi connectivity index (χ0) is 11.4. The minimum absolute atomic E-state index is 0.514. The van der Waals surface area contributed by atoms with Gasteiger partial charge in [0.15, 0.2) is 0 Å². The van der Waals surface area contributed by atoms with E-state index in [9.17, 15) is 0 Å². The van der Waals surface area contributed by atoms with Crippen LogP contribution in [0.5, 0.6) is 5.75 Å². The first-order chi connectivity index (χ1) is 7.79. The molecule has 1 N–H and O–H groups in total. The Bertz CT molecular complexity index is 351. The molecule has 0 atom stereocenters. The standard InChI is InChI=1S/C12H16BrNO2/c1-15-12-8-10(2-3-11(12)13)14-9-4-6-16-7-5-9/h2-3,8-9,14H,4-7H2,1H3. The molecule has 1 aromatic carbocycles. The summed E-state index contributed by atoms with van der Waals surface area (Å²) in [5, 5.41) is 3.50. The maximum absolute atomic E-state index is 5.33. The predicted octanol–water partition coefficient (Wildman–Crippen LogP) is 3.05. The van der Waals surface area contributed by atoms with Crippen LogP contribution in [-0.4, -0.2) is 26.4 Å². The Morgan fingerprint density at radius 3 is 2.81 bits per heavy atom. The molecule has 4 heteroatoms. The van der Waals surface area contributed by atoms with E-state index in [1.165, 1.54) is 0 Å². The zero-order valence-corrected chi connectivity index (χ0v) is 10.9. The van der Waals surface area contributed by atoms with E-state index in [1.54, 1.807) is 7.11 Å². The number of hydrogen-bond donors (Lipinski definition) is 1. The molecule has 0 aliphatic carbocycles. The molecule has 1 heterocycles. The van der Waals surface area contributed by atoms with Crippen molar-refractivity contribution in [3.05, 3.63) is 22.7 Å². The van der Waals surface area contributed by atoms with Crippen molar-refractivity contribution >= 4 is 21.6 Å². The van der Waals surface area contributed by atoms with E-state index >= 15 is 0 Å². The van der Waals surface area contributed by atoms with Crippen LogP contribution < -0.4 is 10.1 Å². The van der Waals surface area contributed by atoms with E-state index in [0.717, 1.165) is 42.0 Å². The summed E-state index contributed by atoms with van der Waals surface area (Å²) in [6, 6.07) is 6.59. The Labute approximate surface area is 104 Å². The molecule has 88 valence electrons. The van der Waals surface area contributed by atoms with Crippen molar-refractivity contribution in [2.75, 3.05) is 25.6 Å². The second-order valence-corrected chi connectivity index (χ2v) is 4.73. The number of anilines is 1. The van der Waals surface area contributed by atoms with Gasteiger partial charge in [0.2, 0.25) is 0 Å². The molecule has 0 saturated carbocycles. The van der Waals surface area contributed by atoms with Crippen LogP contribution in [0, 0.1) is 0 Å². The van der Waals surface area contributed by atoms with Gasteiger partial charge in [-0.15, -0.1) is 0 Å². The van der Waals surface area contributed by atoms with E-state index in [0.29, 0.717) is 6.04 Å². The second kappa shape index (κ2) is 5.55.